The normalized spacial score (nSPS) is 32.2. The fourth-order valence-corrected chi connectivity index (χ4v) is 1.69. The second-order valence-electron chi connectivity index (χ2n) is 3.68. The quantitative estimate of drug-likeness (QED) is 0.663. The van der Waals surface area contributed by atoms with E-state index in [-0.39, 0.29) is 0 Å². The maximum absolute atomic E-state index is 5.70. The number of ether oxygens (including phenoxy) is 1. The van der Waals surface area contributed by atoms with Crippen LogP contribution < -0.4 is 5.32 Å². The zero-order chi connectivity index (χ0) is 7.52. The van der Waals surface area contributed by atoms with Crippen LogP contribution in [0, 0.1) is 0 Å². The molecule has 1 saturated heterocycles. The Labute approximate surface area is 68.3 Å². The highest BCUT2D eigenvalue weighted by Gasteiger charge is 2.20. The predicted octanol–water partition coefficient (Wildman–Crippen LogP) is 1.31. The molecule has 0 aromatic rings. The summed E-state index contributed by atoms with van der Waals surface area (Å²) in [4.78, 5) is 0. The third kappa shape index (κ3) is 1.94. The first-order chi connectivity index (χ1) is 5.45. The number of hydrogen-bond acceptors (Lipinski definition) is 2. The lowest BCUT2D eigenvalue weighted by Crippen LogP contribution is -2.31. The summed E-state index contributed by atoms with van der Waals surface area (Å²) in [6, 6.07) is 0.663. The molecule has 64 valence electrons. The second-order valence-corrected chi connectivity index (χ2v) is 3.68. The van der Waals surface area contributed by atoms with Gasteiger partial charge in [-0.3, -0.25) is 0 Å². The largest absolute Gasteiger partial charge is 0.377 e. The molecule has 1 saturated carbocycles. The summed E-state index contributed by atoms with van der Waals surface area (Å²) in [5, 5.41) is 3.44. The summed E-state index contributed by atoms with van der Waals surface area (Å²) in [5.74, 6) is 0. The molecule has 2 aliphatic rings. The van der Waals surface area contributed by atoms with Gasteiger partial charge in [-0.15, -0.1) is 0 Å². The summed E-state index contributed by atoms with van der Waals surface area (Å²) < 4.78 is 5.70. The van der Waals surface area contributed by atoms with Gasteiger partial charge in [0, 0.05) is 6.04 Å². The van der Waals surface area contributed by atoms with Crippen molar-refractivity contribution in [2.45, 2.75) is 44.2 Å². The van der Waals surface area contributed by atoms with E-state index >= 15 is 0 Å². The first-order valence-corrected chi connectivity index (χ1v) is 4.80. The number of nitrogens with one attached hydrogen (secondary N) is 1. The van der Waals surface area contributed by atoms with E-state index in [0.29, 0.717) is 12.1 Å². The van der Waals surface area contributed by atoms with Crippen LogP contribution >= 0.6 is 0 Å². The average molecular weight is 155 g/mol. The van der Waals surface area contributed by atoms with E-state index in [2.05, 4.69) is 5.32 Å². The van der Waals surface area contributed by atoms with Crippen molar-refractivity contribution in [3.8, 4) is 0 Å². The third-order valence-corrected chi connectivity index (χ3v) is 2.75. The Morgan fingerprint density at radius 2 is 2.09 bits per heavy atom. The smallest absolute Gasteiger partial charge is 0.0623 e. The topological polar surface area (TPSA) is 21.3 Å². The van der Waals surface area contributed by atoms with Crippen molar-refractivity contribution >= 4 is 0 Å². The first-order valence-electron chi connectivity index (χ1n) is 4.80. The molecule has 0 amide bonds. The fraction of sp³-hybridized carbons (Fsp3) is 1.00. The van der Waals surface area contributed by atoms with Crippen LogP contribution in [0.3, 0.4) is 0 Å². The predicted molar refractivity (Wildman–Crippen MR) is 44.6 cm³/mol. The van der Waals surface area contributed by atoms with Crippen LogP contribution in [0.4, 0.5) is 0 Å². The summed E-state index contributed by atoms with van der Waals surface area (Å²) in [6.07, 6.45) is 7.23. The lowest BCUT2D eigenvalue weighted by atomic mass is 9.96. The molecule has 0 spiro atoms. The Hall–Kier alpha value is -0.0800. The first kappa shape index (κ1) is 7.56. The molecule has 1 atom stereocenters. The van der Waals surface area contributed by atoms with E-state index in [0.717, 1.165) is 6.61 Å². The molecule has 1 N–H and O–H groups in total. The summed E-state index contributed by atoms with van der Waals surface area (Å²) in [7, 11) is 0. The van der Waals surface area contributed by atoms with E-state index in [1.54, 1.807) is 0 Å². The summed E-state index contributed by atoms with van der Waals surface area (Å²) in [5.41, 5.74) is 0. The van der Waals surface area contributed by atoms with Gasteiger partial charge < -0.3 is 10.1 Å². The lowest BCUT2D eigenvalue weighted by molar-refractivity contribution is -0.00628. The molecule has 0 aromatic carbocycles. The molecule has 2 nitrogen and oxygen atoms in total. The van der Waals surface area contributed by atoms with Crippen molar-refractivity contribution in [3.63, 3.8) is 0 Å². The molecule has 0 bridgehead atoms. The second kappa shape index (κ2) is 3.55. The van der Waals surface area contributed by atoms with Gasteiger partial charge in [-0.05, 0) is 38.6 Å². The van der Waals surface area contributed by atoms with Gasteiger partial charge in [0.25, 0.3) is 0 Å². The van der Waals surface area contributed by atoms with Crippen LogP contribution in [0.25, 0.3) is 0 Å². The number of hydrogen-bond donors (Lipinski definition) is 1. The van der Waals surface area contributed by atoms with E-state index in [1.165, 1.54) is 38.6 Å². The molecule has 1 aliphatic carbocycles. The third-order valence-electron chi connectivity index (χ3n) is 2.75. The van der Waals surface area contributed by atoms with Crippen LogP contribution in [-0.4, -0.2) is 25.3 Å². The molecule has 11 heavy (non-hydrogen) atoms. The van der Waals surface area contributed by atoms with Gasteiger partial charge >= 0.3 is 0 Å². The van der Waals surface area contributed by atoms with Gasteiger partial charge in [0.15, 0.2) is 0 Å². The molecule has 0 aromatic heterocycles. The standard InChI is InChI=1S/C9H17NO/c1-4-9(5-1)11-7-8-3-2-6-10-8/h8-10H,1-7H2. The summed E-state index contributed by atoms with van der Waals surface area (Å²) in [6.45, 7) is 2.14. The van der Waals surface area contributed by atoms with Crippen LogP contribution in [0.5, 0.6) is 0 Å². The van der Waals surface area contributed by atoms with Crippen LogP contribution in [-0.2, 0) is 4.74 Å². The molecule has 1 unspecified atom stereocenters. The molecule has 1 aliphatic heterocycles. The van der Waals surface area contributed by atoms with Crippen LogP contribution in [0.1, 0.15) is 32.1 Å². The van der Waals surface area contributed by atoms with Gasteiger partial charge in [-0.2, -0.15) is 0 Å². The Balaban J connectivity index is 1.57. The molecule has 2 heteroatoms. The maximum Gasteiger partial charge on any atom is 0.0623 e. The maximum atomic E-state index is 5.70. The van der Waals surface area contributed by atoms with E-state index in [1.807, 2.05) is 0 Å². The van der Waals surface area contributed by atoms with Gasteiger partial charge in [-0.1, -0.05) is 0 Å². The van der Waals surface area contributed by atoms with Crippen molar-refractivity contribution in [1.29, 1.82) is 0 Å². The van der Waals surface area contributed by atoms with Crippen molar-refractivity contribution in [2.75, 3.05) is 13.2 Å². The Bertz CT molecular complexity index is 117. The molecule has 0 radical (unpaired) electrons. The summed E-state index contributed by atoms with van der Waals surface area (Å²) >= 11 is 0. The van der Waals surface area contributed by atoms with Gasteiger partial charge in [-0.25, -0.2) is 0 Å². The van der Waals surface area contributed by atoms with Crippen molar-refractivity contribution in [2.24, 2.45) is 0 Å². The van der Waals surface area contributed by atoms with Gasteiger partial charge in [0.2, 0.25) is 0 Å². The van der Waals surface area contributed by atoms with Crippen LogP contribution in [0.2, 0.25) is 0 Å². The SMILES string of the molecule is C1CNC(COC2CCC2)C1. The van der Waals surface area contributed by atoms with E-state index in [4.69, 9.17) is 4.74 Å². The Morgan fingerprint density at radius 1 is 1.18 bits per heavy atom. The lowest BCUT2D eigenvalue weighted by Gasteiger charge is -2.26. The minimum Gasteiger partial charge on any atom is -0.377 e. The highest BCUT2D eigenvalue weighted by molar-refractivity contribution is 4.76. The number of rotatable bonds is 3. The van der Waals surface area contributed by atoms with E-state index < -0.39 is 0 Å². The van der Waals surface area contributed by atoms with E-state index in [9.17, 15) is 0 Å². The minimum atomic E-state index is 0.609. The molecular formula is C9H17NO. The van der Waals surface area contributed by atoms with Crippen molar-refractivity contribution in [3.05, 3.63) is 0 Å². The fourth-order valence-electron chi connectivity index (χ4n) is 1.69. The van der Waals surface area contributed by atoms with Crippen molar-refractivity contribution < 1.29 is 4.74 Å². The molecule has 2 fully saturated rings. The molecule has 1 heterocycles. The van der Waals surface area contributed by atoms with Gasteiger partial charge in [0.1, 0.15) is 0 Å². The Morgan fingerprint density at radius 3 is 2.64 bits per heavy atom. The molecule has 2 rings (SSSR count). The van der Waals surface area contributed by atoms with Crippen molar-refractivity contribution in [1.82, 2.24) is 5.32 Å². The molecular weight excluding hydrogens is 138 g/mol. The van der Waals surface area contributed by atoms with Gasteiger partial charge in [0.05, 0.1) is 12.7 Å². The highest BCUT2D eigenvalue weighted by atomic mass is 16.5. The average Bonchev–Trinajstić information content (AvgIpc) is 2.36. The zero-order valence-corrected chi connectivity index (χ0v) is 7.01. The monoisotopic (exact) mass is 155 g/mol. The van der Waals surface area contributed by atoms with Crippen LogP contribution in [0.15, 0.2) is 0 Å². The zero-order valence-electron chi connectivity index (χ0n) is 7.01. The minimum absolute atomic E-state index is 0.609. The Kier molecular flexibility index (Phi) is 2.44. The highest BCUT2D eigenvalue weighted by Crippen LogP contribution is 2.22.